The van der Waals surface area contributed by atoms with E-state index in [1.807, 2.05) is 55.5 Å². The maximum atomic E-state index is 14.1. The Labute approximate surface area is 290 Å². The lowest BCUT2D eigenvalue weighted by Gasteiger charge is -2.32. The number of benzene rings is 5. The monoisotopic (exact) mass is 673 g/mol. The van der Waals surface area contributed by atoms with E-state index in [0.717, 1.165) is 80.0 Å². The van der Waals surface area contributed by atoms with Gasteiger partial charge in [0.25, 0.3) is 11.8 Å². The number of hydrogen-bond donors (Lipinski definition) is 0. The van der Waals surface area contributed by atoms with Gasteiger partial charge >= 0.3 is 0 Å². The summed E-state index contributed by atoms with van der Waals surface area (Å²) in [5, 5.41) is 1.35. The molecule has 240 valence electrons. The second kappa shape index (κ2) is 11.8. The highest BCUT2D eigenvalue weighted by Gasteiger charge is 2.44. The first-order valence-electron chi connectivity index (χ1n) is 16.3. The van der Waals surface area contributed by atoms with E-state index in [0.29, 0.717) is 47.0 Å². The number of hydrogen-bond acceptors (Lipinski definition) is 4. The third-order valence-corrected chi connectivity index (χ3v) is 10.6. The van der Waals surface area contributed by atoms with Crippen LogP contribution >= 0.6 is 23.2 Å². The van der Waals surface area contributed by atoms with Crippen molar-refractivity contribution in [2.24, 2.45) is 0 Å². The summed E-state index contributed by atoms with van der Waals surface area (Å²) >= 11 is 12.4. The molecule has 2 amide bonds. The van der Waals surface area contributed by atoms with Crippen LogP contribution in [-0.4, -0.2) is 37.5 Å². The molecule has 5 aromatic carbocycles. The second-order valence-electron chi connectivity index (χ2n) is 12.7. The molecule has 0 atom stereocenters. The van der Waals surface area contributed by atoms with E-state index in [2.05, 4.69) is 24.3 Å². The summed E-state index contributed by atoms with van der Waals surface area (Å²) < 4.78 is 12.0. The Morgan fingerprint density at radius 1 is 0.583 bits per heavy atom. The fraction of sp³-hybridized carbons (Fsp3) is 0.220. The van der Waals surface area contributed by atoms with Crippen LogP contribution in [0, 0.1) is 0 Å². The second-order valence-corrected chi connectivity index (χ2v) is 13.5. The highest BCUT2D eigenvalue weighted by Crippen LogP contribution is 2.53. The minimum Gasteiger partial charge on any atom is -0.496 e. The van der Waals surface area contributed by atoms with Gasteiger partial charge in [0.2, 0.25) is 0 Å². The van der Waals surface area contributed by atoms with Gasteiger partial charge in [-0.3, -0.25) is 14.5 Å². The number of carbonyl (C=O) groups excluding carboxylic acids is 2. The summed E-state index contributed by atoms with van der Waals surface area (Å²) in [5.41, 5.74) is 13.5. The molecule has 7 heteroatoms. The minimum absolute atomic E-state index is 0.175. The number of methoxy groups -OCH3 is 2. The van der Waals surface area contributed by atoms with Crippen LogP contribution in [-0.2, 0) is 25.7 Å². The van der Waals surface area contributed by atoms with E-state index in [9.17, 15) is 9.59 Å². The SMILES string of the molecule is CCCN1C(=O)c2c3c(c4c(c2C1=O)CCc1cc(-c2ccc(Cl)cc2)c(OC)cc1-4)-c1cc(OC)c(-c2ccc(Cl)cc2)cc1CC3. The first-order valence-corrected chi connectivity index (χ1v) is 17.1. The molecular formula is C41H33Cl2NO4. The molecule has 5 nitrogen and oxygen atoms in total. The third-order valence-electron chi connectivity index (χ3n) is 10.1. The first kappa shape index (κ1) is 30.7. The number of rotatable bonds is 6. The number of fused-ring (bicyclic) bond motifs is 10. The van der Waals surface area contributed by atoms with Crippen LogP contribution in [0.5, 0.6) is 11.5 Å². The molecule has 0 saturated heterocycles. The van der Waals surface area contributed by atoms with Crippen molar-refractivity contribution >= 4 is 35.0 Å². The van der Waals surface area contributed by atoms with Crippen molar-refractivity contribution in [2.45, 2.75) is 39.0 Å². The van der Waals surface area contributed by atoms with Crippen molar-refractivity contribution in [3.63, 3.8) is 0 Å². The lowest BCUT2D eigenvalue weighted by Crippen LogP contribution is -2.30. The summed E-state index contributed by atoms with van der Waals surface area (Å²) in [6.07, 6.45) is 3.48. The number of amides is 2. The summed E-state index contributed by atoms with van der Waals surface area (Å²) in [6, 6.07) is 24.2. The smallest absolute Gasteiger partial charge is 0.261 e. The maximum absolute atomic E-state index is 14.1. The van der Waals surface area contributed by atoms with Crippen molar-refractivity contribution in [3.8, 4) is 56.0 Å². The van der Waals surface area contributed by atoms with Crippen molar-refractivity contribution in [1.82, 2.24) is 4.90 Å². The van der Waals surface area contributed by atoms with E-state index in [-0.39, 0.29) is 11.8 Å². The first-order chi connectivity index (χ1) is 23.3. The Hall–Kier alpha value is -4.58. The molecule has 0 saturated carbocycles. The number of ether oxygens (including phenoxy) is 2. The molecule has 0 spiro atoms. The van der Waals surface area contributed by atoms with Crippen molar-refractivity contribution in [1.29, 1.82) is 0 Å². The molecule has 0 fully saturated rings. The van der Waals surface area contributed by atoms with Crippen LogP contribution in [0.25, 0.3) is 44.5 Å². The number of nitrogens with zero attached hydrogens (tertiary/aromatic N) is 1. The number of aryl methyl sites for hydroxylation is 2. The van der Waals surface area contributed by atoms with E-state index in [4.69, 9.17) is 32.7 Å². The Morgan fingerprint density at radius 2 is 1.00 bits per heavy atom. The fourth-order valence-electron chi connectivity index (χ4n) is 7.90. The zero-order valence-electron chi connectivity index (χ0n) is 27.0. The van der Waals surface area contributed by atoms with Crippen LogP contribution in [0.15, 0.2) is 72.8 Å². The zero-order chi connectivity index (χ0) is 33.3. The average Bonchev–Trinajstić information content (AvgIpc) is 3.36. The van der Waals surface area contributed by atoms with Crippen LogP contribution < -0.4 is 9.47 Å². The molecule has 0 bridgehead atoms. The Balaban J connectivity index is 1.42. The van der Waals surface area contributed by atoms with Gasteiger partial charge in [-0.2, -0.15) is 0 Å². The van der Waals surface area contributed by atoms with Gasteiger partial charge in [-0.1, -0.05) is 54.4 Å². The van der Waals surface area contributed by atoms with Crippen LogP contribution in [0.4, 0.5) is 0 Å². The van der Waals surface area contributed by atoms with Gasteiger partial charge in [-0.05, 0) is 136 Å². The average molecular weight is 675 g/mol. The summed E-state index contributed by atoms with van der Waals surface area (Å²) in [5.74, 6) is 1.12. The quantitative estimate of drug-likeness (QED) is 0.168. The zero-order valence-corrected chi connectivity index (χ0v) is 28.5. The van der Waals surface area contributed by atoms with Gasteiger partial charge in [-0.25, -0.2) is 0 Å². The van der Waals surface area contributed by atoms with Crippen molar-refractivity contribution in [2.75, 3.05) is 20.8 Å². The Morgan fingerprint density at radius 3 is 1.38 bits per heavy atom. The predicted octanol–water partition coefficient (Wildman–Crippen LogP) is 9.88. The van der Waals surface area contributed by atoms with E-state index in [1.165, 1.54) is 16.0 Å². The molecule has 0 aromatic heterocycles. The van der Waals surface area contributed by atoms with Gasteiger partial charge in [0.05, 0.1) is 25.3 Å². The van der Waals surface area contributed by atoms with Gasteiger partial charge in [0.1, 0.15) is 11.5 Å². The summed E-state index contributed by atoms with van der Waals surface area (Å²) in [7, 11) is 3.37. The standard InChI is InChI=1S/C41H33Cl2NO4/c1-4-17-44-40(45)38-28-15-9-24-18-30(22-5-11-26(42)12-6-22)34(47-2)20-32(24)36(28)37-29(39(38)41(44)46)16-10-25-19-31(35(48-3)21-33(25)37)23-7-13-27(43)14-8-23/h5-8,11-14,18-21H,4,9-10,15-17H2,1-3H3. The van der Waals surface area contributed by atoms with Crippen LogP contribution in [0.1, 0.15) is 56.3 Å². The lowest BCUT2D eigenvalue weighted by atomic mass is 9.71. The number of imide groups is 1. The van der Waals surface area contributed by atoms with Crippen LogP contribution in [0.2, 0.25) is 10.0 Å². The highest BCUT2D eigenvalue weighted by molar-refractivity contribution is 6.31. The Kier molecular flexibility index (Phi) is 7.58. The molecule has 5 aromatic rings. The highest BCUT2D eigenvalue weighted by atomic mass is 35.5. The third kappa shape index (κ3) is 4.67. The van der Waals surface area contributed by atoms with Crippen molar-refractivity contribution < 1.29 is 19.1 Å². The number of halogens is 2. The molecule has 0 radical (unpaired) electrons. The maximum Gasteiger partial charge on any atom is 0.261 e. The van der Waals surface area contributed by atoms with E-state index < -0.39 is 0 Å². The molecule has 8 rings (SSSR count). The Bertz CT molecular complexity index is 2020. The minimum atomic E-state index is -0.175. The van der Waals surface area contributed by atoms with Gasteiger partial charge in [0, 0.05) is 27.7 Å². The van der Waals surface area contributed by atoms with E-state index in [1.54, 1.807) is 14.2 Å². The molecule has 0 unspecified atom stereocenters. The molecule has 48 heavy (non-hydrogen) atoms. The molecule has 0 N–H and O–H groups in total. The summed E-state index contributed by atoms with van der Waals surface area (Å²) in [6.45, 7) is 2.40. The van der Waals surface area contributed by atoms with Gasteiger partial charge < -0.3 is 9.47 Å². The number of carbonyl (C=O) groups is 2. The normalized spacial score (nSPS) is 14.2. The summed E-state index contributed by atoms with van der Waals surface area (Å²) in [4.78, 5) is 29.6. The molecule has 3 aliphatic rings. The lowest BCUT2D eigenvalue weighted by molar-refractivity contribution is 0.0653. The predicted molar refractivity (Wildman–Crippen MR) is 192 cm³/mol. The van der Waals surface area contributed by atoms with Crippen molar-refractivity contribution in [3.05, 3.63) is 116 Å². The largest absolute Gasteiger partial charge is 0.496 e. The fourth-order valence-corrected chi connectivity index (χ4v) is 8.16. The van der Waals surface area contributed by atoms with Gasteiger partial charge in [0.15, 0.2) is 0 Å². The van der Waals surface area contributed by atoms with Gasteiger partial charge in [-0.15, -0.1) is 0 Å². The topological polar surface area (TPSA) is 55.8 Å². The molecule has 1 heterocycles. The molecular weight excluding hydrogens is 641 g/mol. The molecule has 1 aliphatic heterocycles. The molecule has 2 aliphatic carbocycles. The van der Waals surface area contributed by atoms with E-state index >= 15 is 0 Å². The van der Waals surface area contributed by atoms with Crippen LogP contribution in [0.3, 0.4) is 0 Å².